The van der Waals surface area contributed by atoms with Gasteiger partial charge in [-0.05, 0) is 63.6 Å². The van der Waals surface area contributed by atoms with Gasteiger partial charge in [0.25, 0.3) is 0 Å². The molecule has 1 atom stereocenters. The predicted octanol–water partition coefficient (Wildman–Crippen LogP) is 9.32. The molecular weight excluding hydrogens is 707 g/mol. The van der Waals surface area contributed by atoms with E-state index in [1.54, 1.807) is 0 Å². The molecule has 1 aliphatic heterocycles. The fourth-order valence-corrected chi connectivity index (χ4v) is 5.70. The first kappa shape index (κ1) is 30.3. The molecule has 0 fully saturated rings. The summed E-state index contributed by atoms with van der Waals surface area (Å²) in [7, 11) is 0. The topological polar surface area (TPSA) is 38.1 Å². The van der Waals surface area contributed by atoms with Crippen molar-refractivity contribution in [2.75, 3.05) is 0 Å². The molecule has 0 N–H and O–H groups in total. The Morgan fingerprint density at radius 3 is 2.19 bits per heavy atom. The summed E-state index contributed by atoms with van der Waals surface area (Å²) in [4.78, 5) is 0. The van der Waals surface area contributed by atoms with E-state index in [0.29, 0.717) is 6.04 Å². The summed E-state index contributed by atoms with van der Waals surface area (Å²) < 4.78 is 6.34. The van der Waals surface area contributed by atoms with Crippen LogP contribution in [0.4, 0.5) is 5.69 Å². The summed E-state index contributed by atoms with van der Waals surface area (Å²) >= 11 is 0. The number of para-hydroxylation sites is 2. The van der Waals surface area contributed by atoms with Gasteiger partial charge in [-0.2, -0.15) is 41.5 Å². The molecule has 0 spiro atoms. The van der Waals surface area contributed by atoms with Gasteiger partial charge in [-0.25, -0.2) is 0 Å². The summed E-state index contributed by atoms with van der Waals surface area (Å²) in [6.07, 6.45) is 3.88. The number of aromatic nitrogens is 3. The Labute approximate surface area is 267 Å². The van der Waals surface area contributed by atoms with Gasteiger partial charge in [-0.15, -0.1) is 22.4 Å². The molecule has 1 radical (unpaired) electrons. The van der Waals surface area contributed by atoms with E-state index in [2.05, 4.69) is 134 Å². The second-order valence-corrected chi connectivity index (χ2v) is 11.8. The van der Waals surface area contributed by atoms with Gasteiger partial charge in [0.15, 0.2) is 6.04 Å². The van der Waals surface area contributed by atoms with Crippen LogP contribution in [0.5, 0.6) is 0 Å². The second-order valence-electron chi connectivity index (χ2n) is 11.8. The van der Waals surface area contributed by atoms with Gasteiger partial charge < -0.3 is 4.57 Å². The molecule has 6 heteroatoms. The van der Waals surface area contributed by atoms with E-state index < -0.39 is 0 Å². The Morgan fingerprint density at radius 2 is 1.56 bits per heavy atom. The van der Waals surface area contributed by atoms with Crippen molar-refractivity contribution in [1.29, 1.82) is 0 Å². The average Bonchev–Trinajstić information content (AvgIpc) is 3.67. The number of aryl methyl sites for hydroxylation is 2. The maximum Gasteiger partial charge on any atom is 0.199 e. The van der Waals surface area contributed by atoms with Crippen molar-refractivity contribution in [2.24, 2.45) is 5.11 Å². The Bertz CT molecular complexity index is 1940. The molecule has 7 rings (SSSR count). The zero-order valence-corrected chi connectivity index (χ0v) is 27.9. The fraction of sp³-hybridized carbons (Fsp3) is 0.216. The summed E-state index contributed by atoms with van der Waals surface area (Å²) in [5.74, 6) is 0. The second kappa shape index (κ2) is 12.2. The summed E-state index contributed by atoms with van der Waals surface area (Å²) in [6.45, 7) is 13.0. The minimum Gasteiger partial charge on any atom is -0.335 e. The van der Waals surface area contributed by atoms with Crippen LogP contribution < -0.4 is 0 Å². The minimum atomic E-state index is -0.00849. The molecule has 4 aromatic carbocycles. The SMILES string of the molecule is CC1C=CN=[N+]1c1[c-]cccc1.Cc1cc(C)n(-c2[c-]cc(-c3ccc4c5ccccc5n(C(C)(C)C)c4c3)cc2)n1.[Ir]. The van der Waals surface area contributed by atoms with Crippen molar-refractivity contribution in [2.45, 2.75) is 53.1 Å². The first-order chi connectivity index (χ1) is 20.2. The Balaban J connectivity index is 0.000000238. The van der Waals surface area contributed by atoms with Crippen LogP contribution in [0.15, 0.2) is 108 Å². The maximum atomic E-state index is 4.57. The summed E-state index contributed by atoms with van der Waals surface area (Å²) in [5, 5.41) is 11.4. The van der Waals surface area contributed by atoms with Gasteiger partial charge in [0.1, 0.15) is 5.69 Å². The van der Waals surface area contributed by atoms with E-state index >= 15 is 0 Å². The van der Waals surface area contributed by atoms with Crippen LogP contribution in [0.2, 0.25) is 0 Å². The molecule has 5 nitrogen and oxygen atoms in total. The zero-order chi connectivity index (χ0) is 29.4. The van der Waals surface area contributed by atoms with Crippen LogP contribution in [-0.4, -0.2) is 25.1 Å². The largest absolute Gasteiger partial charge is 0.335 e. The van der Waals surface area contributed by atoms with Crippen LogP contribution in [0.1, 0.15) is 39.1 Å². The number of benzene rings is 4. The molecular formula is C37H36IrN5-. The molecule has 0 saturated heterocycles. The van der Waals surface area contributed by atoms with Crippen molar-refractivity contribution in [3.05, 3.63) is 127 Å². The molecule has 2 aromatic heterocycles. The van der Waals surface area contributed by atoms with E-state index in [0.717, 1.165) is 28.3 Å². The first-order valence-corrected chi connectivity index (χ1v) is 14.4. The van der Waals surface area contributed by atoms with Crippen LogP contribution in [0.3, 0.4) is 0 Å². The molecule has 0 saturated carbocycles. The van der Waals surface area contributed by atoms with Gasteiger partial charge in [-0.1, -0.05) is 42.0 Å². The van der Waals surface area contributed by atoms with Crippen LogP contribution >= 0.6 is 0 Å². The monoisotopic (exact) mass is 743 g/mol. The van der Waals surface area contributed by atoms with E-state index in [-0.39, 0.29) is 25.6 Å². The van der Waals surface area contributed by atoms with Crippen LogP contribution in [0.25, 0.3) is 38.6 Å². The standard InChI is InChI=1S/C27H26N3.C10H10N2.Ir/c1-18-16-19(2)30(28-18)22-13-10-20(11-14-22)21-12-15-24-23-8-6-7-9-25(23)29(26(24)17-21)27(3,4)5;1-9-7-8-11-12(9)10-5-3-2-4-6-10;/h6-13,15-17H,1-5H3;2-5,7-9H,1H3;/q-1;;. The van der Waals surface area contributed by atoms with Gasteiger partial charge >= 0.3 is 0 Å². The Hall–Kier alpha value is -4.12. The van der Waals surface area contributed by atoms with Crippen molar-refractivity contribution in [3.63, 3.8) is 0 Å². The van der Waals surface area contributed by atoms with E-state index in [1.165, 1.54) is 27.4 Å². The van der Waals surface area contributed by atoms with Crippen LogP contribution in [0, 0.1) is 26.0 Å². The van der Waals surface area contributed by atoms with Gasteiger partial charge in [-0.3, -0.25) is 4.68 Å². The number of hydrogen-bond donors (Lipinski definition) is 0. The smallest absolute Gasteiger partial charge is 0.199 e. The molecule has 1 aliphatic rings. The number of hydrogen-bond acceptors (Lipinski definition) is 2. The predicted molar refractivity (Wildman–Crippen MR) is 172 cm³/mol. The molecule has 43 heavy (non-hydrogen) atoms. The zero-order valence-electron chi connectivity index (χ0n) is 25.5. The van der Waals surface area contributed by atoms with E-state index in [9.17, 15) is 0 Å². The minimum absolute atomic E-state index is 0. The fourth-order valence-electron chi connectivity index (χ4n) is 5.70. The Morgan fingerprint density at radius 1 is 0.814 bits per heavy atom. The van der Waals surface area contributed by atoms with E-state index in [1.807, 2.05) is 46.8 Å². The first-order valence-electron chi connectivity index (χ1n) is 14.4. The number of fused-ring (bicyclic) bond motifs is 3. The third-order valence-electron chi connectivity index (χ3n) is 7.59. The number of nitrogens with zero attached hydrogens (tertiary/aromatic N) is 5. The third kappa shape index (κ3) is 6.04. The molecule has 1 unspecified atom stereocenters. The van der Waals surface area contributed by atoms with Gasteiger partial charge in [0.2, 0.25) is 0 Å². The number of rotatable bonds is 3. The van der Waals surface area contributed by atoms with Crippen molar-refractivity contribution in [1.82, 2.24) is 14.3 Å². The molecule has 3 heterocycles. The van der Waals surface area contributed by atoms with Crippen molar-refractivity contribution in [3.8, 4) is 16.8 Å². The molecule has 0 bridgehead atoms. The number of azo groups is 2. The maximum absolute atomic E-state index is 4.57. The molecule has 6 aromatic rings. The molecule has 0 amide bonds. The normalized spacial score (nSPS) is 14.4. The molecule has 219 valence electrons. The van der Waals surface area contributed by atoms with Gasteiger partial charge in [0, 0.05) is 66.1 Å². The van der Waals surface area contributed by atoms with Crippen molar-refractivity contribution >= 4 is 27.5 Å². The van der Waals surface area contributed by atoms with E-state index in [4.69, 9.17) is 0 Å². The summed E-state index contributed by atoms with van der Waals surface area (Å²) in [5.41, 5.74) is 9.03. The Kier molecular flexibility index (Phi) is 8.64. The van der Waals surface area contributed by atoms with Crippen molar-refractivity contribution < 1.29 is 24.8 Å². The third-order valence-corrected chi connectivity index (χ3v) is 7.59. The summed E-state index contributed by atoms with van der Waals surface area (Å²) in [6, 6.07) is 38.6. The van der Waals surface area contributed by atoms with Gasteiger partial charge in [0.05, 0.1) is 11.9 Å². The quantitative estimate of drug-likeness (QED) is 0.132. The van der Waals surface area contributed by atoms with Crippen LogP contribution in [-0.2, 0) is 25.6 Å². The molecule has 0 aliphatic carbocycles. The average molecular weight is 743 g/mol.